The van der Waals surface area contributed by atoms with Crippen LogP contribution in [0.25, 0.3) is 0 Å². The third-order valence-electron chi connectivity index (χ3n) is 2.54. The van der Waals surface area contributed by atoms with Gasteiger partial charge < -0.3 is 10.8 Å². The zero-order chi connectivity index (χ0) is 12.4. The molecule has 2 nitrogen and oxygen atoms in total. The highest BCUT2D eigenvalue weighted by Gasteiger charge is 2.15. The summed E-state index contributed by atoms with van der Waals surface area (Å²) in [4.78, 5) is 0. The zero-order valence-electron chi connectivity index (χ0n) is 8.90. The average molecular weight is 357 g/mol. The maximum atomic E-state index is 10.3. The summed E-state index contributed by atoms with van der Waals surface area (Å²) in [6.45, 7) is 0. The van der Waals surface area contributed by atoms with E-state index in [2.05, 4.69) is 31.9 Å². The molecule has 1 unspecified atom stereocenters. The summed E-state index contributed by atoms with van der Waals surface area (Å²) in [6.07, 6.45) is -0.718. The number of nitrogen functional groups attached to an aromatic ring is 1. The van der Waals surface area contributed by atoms with Gasteiger partial charge in [-0.1, -0.05) is 46.3 Å². The molecule has 0 bridgehead atoms. The molecule has 0 saturated carbocycles. The van der Waals surface area contributed by atoms with Gasteiger partial charge in [-0.15, -0.1) is 0 Å². The largest absolute Gasteiger partial charge is 0.398 e. The lowest BCUT2D eigenvalue weighted by Gasteiger charge is -2.15. The molecule has 0 heterocycles. The van der Waals surface area contributed by atoms with Gasteiger partial charge in [0.2, 0.25) is 0 Å². The maximum absolute atomic E-state index is 10.3. The van der Waals surface area contributed by atoms with Crippen LogP contribution in [-0.2, 0) is 0 Å². The van der Waals surface area contributed by atoms with Gasteiger partial charge in [0.1, 0.15) is 6.10 Å². The van der Waals surface area contributed by atoms with Gasteiger partial charge in [0.25, 0.3) is 0 Å². The number of aliphatic hydroxyl groups excluding tert-OH is 1. The summed E-state index contributed by atoms with van der Waals surface area (Å²) < 4.78 is 1.65. The van der Waals surface area contributed by atoms with Crippen molar-refractivity contribution in [2.24, 2.45) is 0 Å². The molecular weight excluding hydrogens is 346 g/mol. The minimum absolute atomic E-state index is 0.560. The van der Waals surface area contributed by atoms with Crippen LogP contribution in [-0.4, -0.2) is 5.11 Å². The van der Waals surface area contributed by atoms with E-state index in [0.717, 1.165) is 14.5 Å². The average Bonchev–Trinajstić information content (AvgIpc) is 2.34. The molecule has 0 saturated heterocycles. The highest BCUT2D eigenvalue weighted by atomic mass is 79.9. The van der Waals surface area contributed by atoms with Crippen molar-refractivity contribution in [1.82, 2.24) is 0 Å². The van der Waals surface area contributed by atoms with Crippen molar-refractivity contribution in [3.8, 4) is 0 Å². The third-order valence-corrected chi connectivity index (χ3v) is 3.65. The van der Waals surface area contributed by atoms with Crippen LogP contribution in [0.15, 0.2) is 51.4 Å². The number of benzene rings is 2. The first-order valence-corrected chi connectivity index (χ1v) is 6.65. The van der Waals surface area contributed by atoms with Gasteiger partial charge in [0.05, 0.1) is 5.69 Å². The fourth-order valence-electron chi connectivity index (χ4n) is 1.65. The summed E-state index contributed by atoms with van der Waals surface area (Å²) in [5.74, 6) is 0. The first-order chi connectivity index (χ1) is 8.09. The predicted octanol–water partition coefficient (Wildman–Crippen LogP) is 3.88. The molecule has 0 amide bonds. The number of aliphatic hydroxyl groups is 1. The molecule has 4 heteroatoms. The molecule has 1 atom stereocenters. The molecular formula is C13H11Br2NO. The Labute approximate surface area is 117 Å². The second kappa shape index (κ2) is 5.21. The molecule has 17 heavy (non-hydrogen) atoms. The first-order valence-electron chi connectivity index (χ1n) is 5.07. The second-order valence-corrected chi connectivity index (χ2v) is 5.47. The Morgan fingerprint density at radius 1 is 1.06 bits per heavy atom. The highest BCUT2D eigenvalue weighted by Crippen LogP contribution is 2.34. The quantitative estimate of drug-likeness (QED) is 0.802. The monoisotopic (exact) mass is 355 g/mol. The van der Waals surface area contributed by atoms with E-state index in [1.807, 2.05) is 42.5 Å². The van der Waals surface area contributed by atoms with E-state index in [9.17, 15) is 5.11 Å². The van der Waals surface area contributed by atoms with Gasteiger partial charge in [0, 0.05) is 14.5 Å². The number of anilines is 1. The molecule has 0 aliphatic carbocycles. The predicted molar refractivity (Wildman–Crippen MR) is 76.8 cm³/mol. The van der Waals surface area contributed by atoms with E-state index in [-0.39, 0.29) is 0 Å². The van der Waals surface area contributed by atoms with Crippen molar-refractivity contribution >= 4 is 37.5 Å². The lowest BCUT2D eigenvalue weighted by Crippen LogP contribution is -2.04. The van der Waals surface area contributed by atoms with Crippen molar-refractivity contribution in [1.29, 1.82) is 0 Å². The molecule has 0 radical (unpaired) electrons. The van der Waals surface area contributed by atoms with Gasteiger partial charge in [-0.3, -0.25) is 0 Å². The van der Waals surface area contributed by atoms with Crippen molar-refractivity contribution in [3.05, 3.63) is 62.5 Å². The standard InChI is InChI=1S/C13H11Br2NO/c14-9-6-10(12(16)11(15)7-9)13(17)8-4-2-1-3-5-8/h1-7,13,17H,16H2. The van der Waals surface area contributed by atoms with E-state index in [1.54, 1.807) is 0 Å². The molecule has 2 rings (SSSR count). The summed E-state index contributed by atoms with van der Waals surface area (Å²) in [5, 5.41) is 10.3. The lowest BCUT2D eigenvalue weighted by atomic mass is 10.0. The van der Waals surface area contributed by atoms with Gasteiger partial charge >= 0.3 is 0 Å². The van der Waals surface area contributed by atoms with Crippen LogP contribution >= 0.6 is 31.9 Å². The van der Waals surface area contributed by atoms with Crippen LogP contribution in [0, 0.1) is 0 Å². The molecule has 0 aromatic heterocycles. The summed E-state index contributed by atoms with van der Waals surface area (Å²) >= 11 is 6.76. The minimum atomic E-state index is -0.718. The van der Waals surface area contributed by atoms with Crippen molar-refractivity contribution in [2.75, 3.05) is 5.73 Å². The van der Waals surface area contributed by atoms with Crippen LogP contribution in [0.4, 0.5) is 5.69 Å². The van der Waals surface area contributed by atoms with Gasteiger partial charge in [0.15, 0.2) is 0 Å². The van der Waals surface area contributed by atoms with Crippen LogP contribution in [0.5, 0.6) is 0 Å². The number of hydrogen-bond donors (Lipinski definition) is 2. The SMILES string of the molecule is Nc1c(Br)cc(Br)cc1C(O)c1ccccc1. The number of hydrogen-bond acceptors (Lipinski definition) is 2. The molecule has 2 aromatic rings. The fraction of sp³-hybridized carbons (Fsp3) is 0.0769. The Kier molecular flexibility index (Phi) is 3.86. The number of rotatable bonds is 2. The van der Waals surface area contributed by atoms with Gasteiger partial charge in [-0.05, 0) is 33.6 Å². The van der Waals surface area contributed by atoms with Crippen LogP contribution in [0.2, 0.25) is 0 Å². The van der Waals surface area contributed by atoms with E-state index >= 15 is 0 Å². The van der Waals surface area contributed by atoms with Crippen LogP contribution in [0.1, 0.15) is 17.2 Å². The molecule has 0 aliphatic rings. The van der Waals surface area contributed by atoms with Crippen molar-refractivity contribution in [2.45, 2.75) is 6.10 Å². The van der Waals surface area contributed by atoms with E-state index in [4.69, 9.17) is 5.73 Å². The van der Waals surface area contributed by atoms with E-state index in [1.165, 1.54) is 0 Å². The zero-order valence-corrected chi connectivity index (χ0v) is 12.1. The van der Waals surface area contributed by atoms with Gasteiger partial charge in [-0.2, -0.15) is 0 Å². The summed E-state index contributed by atoms with van der Waals surface area (Å²) in [7, 11) is 0. The fourth-order valence-corrected chi connectivity index (χ4v) is 2.90. The molecule has 3 N–H and O–H groups in total. The number of nitrogens with two attached hydrogens (primary N) is 1. The molecule has 88 valence electrons. The van der Waals surface area contributed by atoms with Crippen LogP contribution < -0.4 is 5.73 Å². The van der Waals surface area contributed by atoms with E-state index < -0.39 is 6.10 Å². The molecule has 0 spiro atoms. The molecule has 0 aliphatic heterocycles. The summed E-state index contributed by atoms with van der Waals surface area (Å²) in [6, 6.07) is 13.1. The molecule has 0 fully saturated rings. The normalized spacial score (nSPS) is 12.4. The molecule has 2 aromatic carbocycles. The summed E-state index contributed by atoms with van der Waals surface area (Å²) in [5.41, 5.74) is 8.04. The minimum Gasteiger partial charge on any atom is -0.398 e. The highest BCUT2D eigenvalue weighted by molar-refractivity contribution is 9.11. The number of halogens is 2. The maximum Gasteiger partial charge on any atom is 0.106 e. The second-order valence-electron chi connectivity index (χ2n) is 3.70. The lowest BCUT2D eigenvalue weighted by molar-refractivity contribution is 0.221. The Hall–Kier alpha value is -0.840. The smallest absolute Gasteiger partial charge is 0.106 e. The van der Waals surface area contributed by atoms with Gasteiger partial charge in [-0.25, -0.2) is 0 Å². The Bertz CT molecular complexity index is 528. The van der Waals surface area contributed by atoms with Crippen molar-refractivity contribution in [3.63, 3.8) is 0 Å². The van der Waals surface area contributed by atoms with Crippen LogP contribution in [0.3, 0.4) is 0 Å². The Balaban J connectivity index is 2.48. The van der Waals surface area contributed by atoms with Crippen molar-refractivity contribution < 1.29 is 5.11 Å². The van der Waals surface area contributed by atoms with E-state index in [0.29, 0.717) is 11.3 Å². The Morgan fingerprint density at radius 3 is 2.35 bits per heavy atom. The first kappa shape index (κ1) is 12.6. The topological polar surface area (TPSA) is 46.2 Å². The third kappa shape index (κ3) is 2.70. The Morgan fingerprint density at radius 2 is 1.71 bits per heavy atom.